The molecule has 0 aromatic heterocycles. The summed E-state index contributed by atoms with van der Waals surface area (Å²) < 4.78 is 1.57. The van der Waals surface area contributed by atoms with Crippen molar-refractivity contribution in [2.24, 2.45) is 0 Å². The van der Waals surface area contributed by atoms with Crippen molar-refractivity contribution < 1.29 is 0 Å². The van der Waals surface area contributed by atoms with Crippen LogP contribution in [0.4, 0.5) is 0 Å². The summed E-state index contributed by atoms with van der Waals surface area (Å²) >= 11 is 2.08. The summed E-state index contributed by atoms with van der Waals surface area (Å²) in [5.74, 6) is 0. The summed E-state index contributed by atoms with van der Waals surface area (Å²) in [6, 6.07) is 0. The van der Waals surface area contributed by atoms with Gasteiger partial charge in [-0.15, -0.1) is 0 Å². The van der Waals surface area contributed by atoms with Crippen LogP contribution in [-0.4, -0.2) is 23.7 Å². The van der Waals surface area contributed by atoms with E-state index in [1.54, 1.807) is 4.44 Å². The van der Waals surface area contributed by atoms with Gasteiger partial charge in [0.05, 0.1) is 0 Å². The number of rotatable bonds is 5. The summed E-state index contributed by atoms with van der Waals surface area (Å²) in [6.45, 7) is 0. The number of hydrogen-bond acceptors (Lipinski definition) is 0. The maximum atomic E-state index is 3.45. The van der Waals surface area contributed by atoms with Gasteiger partial charge in [0, 0.05) is 0 Å². The summed E-state index contributed by atoms with van der Waals surface area (Å²) in [7, 11) is 0. The normalized spacial score (nSPS) is 12.0. The van der Waals surface area contributed by atoms with Crippen LogP contribution in [0.25, 0.3) is 0 Å². The van der Waals surface area contributed by atoms with E-state index in [0.717, 1.165) is 0 Å². The molecule has 0 amide bonds. The van der Waals surface area contributed by atoms with Crippen LogP contribution < -0.4 is 0 Å². The van der Waals surface area contributed by atoms with Crippen LogP contribution in [0.3, 0.4) is 0 Å². The number of unbranched alkanes of at least 4 members (excludes halogenated alkanes) is 2. The zero-order valence-corrected chi connectivity index (χ0v) is 11.9. The third-order valence-electron chi connectivity index (χ3n) is 1.56. The van der Waals surface area contributed by atoms with Gasteiger partial charge in [-0.1, -0.05) is 0 Å². The quantitative estimate of drug-likeness (QED) is 0.410. The molecule has 0 unspecified atom stereocenters. The number of halogens is 1. The molecule has 0 rings (SSSR count). The molecule has 0 bridgehead atoms. The molecule has 0 aromatic rings. The van der Waals surface area contributed by atoms with Crippen molar-refractivity contribution in [1.82, 2.24) is 0 Å². The molecule has 0 spiro atoms. The van der Waals surface area contributed by atoms with E-state index in [1.807, 2.05) is 0 Å². The Hall–Kier alpha value is 1.28. The predicted molar refractivity (Wildman–Crippen MR) is 55.8 cm³/mol. The molecule has 0 aliphatic carbocycles. The molecule has 10 heavy (non-hydrogen) atoms. The molecule has 0 radical (unpaired) electrons. The van der Waals surface area contributed by atoms with Gasteiger partial charge in [-0.05, 0) is 0 Å². The molecular weight excluding hydrogens is 295 g/mol. The van der Waals surface area contributed by atoms with E-state index in [4.69, 9.17) is 0 Å². The Bertz CT molecular complexity index is 75.8. The summed E-state index contributed by atoms with van der Waals surface area (Å²) in [4.78, 5) is 7.55. The molecule has 0 heterocycles. The predicted octanol–water partition coefficient (Wildman–Crippen LogP) is 3.89. The average Bonchev–Trinajstić information content (AvgIpc) is 1.78. The molecule has 0 aliphatic rings. The molecule has 0 aliphatic heterocycles. The topological polar surface area (TPSA) is 0 Å². The summed E-state index contributed by atoms with van der Waals surface area (Å²) in [5.41, 5.74) is 0. The third kappa shape index (κ3) is 9.28. The Morgan fingerprint density at radius 2 is 1.60 bits per heavy atom. The van der Waals surface area contributed by atoms with Crippen LogP contribution in [0, 0.1) is 0 Å². The standard InChI is InChI=1S/C5H10Br.3CH3.Sn/c1-2-3-4-5-6;;;;/h1-5H2;3*1H3;. The van der Waals surface area contributed by atoms with Gasteiger partial charge < -0.3 is 0 Å². The van der Waals surface area contributed by atoms with Crippen LogP contribution in [0.2, 0.25) is 19.3 Å². The molecule has 0 atom stereocenters. The molecular formula is C8H19BrSn. The van der Waals surface area contributed by atoms with Gasteiger partial charge in [0.2, 0.25) is 0 Å². The summed E-state index contributed by atoms with van der Waals surface area (Å²) in [5, 5.41) is 1.19. The summed E-state index contributed by atoms with van der Waals surface area (Å²) in [6.07, 6.45) is 4.27. The van der Waals surface area contributed by atoms with Crippen molar-refractivity contribution in [3.05, 3.63) is 0 Å². The first-order valence-corrected chi connectivity index (χ1v) is 15.8. The SMILES string of the molecule is [CH3][Sn]([CH3])([CH3])[CH2]CCCCBr. The molecule has 0 aromatic carbocycles. The molecule has 62 valence electrons. The second kappa shape index (κ2) is 5.87. The van der Waals surface area contributed by atoms with Crippen molar-refractivity contribution in [1.29, 1.82) is 0 Å². The van der Waals surface area contributed by atoms with Crippen molar-refractivity contribution in [2.45, 2.75) is 38.5 Å². The van der Waals surface area contributed by atoms with E-state index in [0.29, 0.717) is 0 Å². The molecule has 0 fully saturated rings. The van der Waals surface area contributed by atoms with Crippen molar-refractivity contribution in [3.63, 3.8) is 0 Å². The molecule has 0 N–H and O–H groups in total. The van der Waals surface area contributed by atoms with Gasteiger partial charge >= 0.3 is 78.2 Å². The Morgan fingerprint density at radius 3 is 2.00 bits per heavy atom. The Kier molecular flexibility index (Phi) is 6.62. The average molecular weight is 314 g/mol. The minimum atomic E-state index is -1.37. The van der Waals surface area contributed by atoms with Gasteiger partial charge in [0.15, 0.2) is 0 Å². The van der Waals surface area contributed by atoms with E-state index in [1.165, 1.54) is 24.6 Å². The Morgan fingerprint density at radius 1 is 1.00 bits per heavy atom. The van der Waals surface area contributed by atoms with Crippen LogP contribution in [0.5, 0.6) is 0 Å². The molecule has 2 heteroatoms. The number of alkyl halides is 1. The van der Waals surface area contributed by atoms with Crippen LogP contribution in [-0.2, 0) is 0 Å². The van der Waals surface area contributed by atoms with Gasteiger partial charge in [-0.25, -0.2) is 0 Å². The van der Waals surface area contributed by atoms with Crippen molar-refractivity contribution >= 4 is 34.3 Å². The fraction of sp³-hybridized carbons (Fsp3) is 1.00. The first-order valence-electron chi connectivity index (χ1n) is 4.12. The van der Waals surface area contributed by atoms with E-state index in [2.05, 4.69) is 30.7 Å². The second-order valence-electron chi connectivity index (χ2n) is 4.06. The zero-order chi connectivity index (χ0) is 8.04. The van der Waals surface area contributed by atoms with Gasteiger partial charge in [0.25, 0.3) is 0 Å². The maximum absolute atomic E-state index is 3.45. The van der Waals surface area contributed by atoms with Crippen molar-refractivity contribution in [2.75, 3.05) is 5.33 Å². The van der Waals surface area contributed by atoms with Crippen LogP contribution >= 0.6 is 15.9 Å². The fourth-order valence-corrected chi connectivity index (χ4v) is 5.06. The van der Waals surface area contributed by atoms with Gasteiger partial charge in [0.1, 0.15) is 0 Å². The van der Waals surface area contributed by atoms with E-state index >= 15 is 0 Å². The fourth-order valence-electron chi connectivity index (χ4n) is 0.927. The van der Waals surface area contributed by atoms with Crippen molar-refractivity contribution in [3.8, 4) is 0 Å². The third-order valence-corrected chi connectivity index (χ3v) is 7.41. The van der Waals surface area contributed by atoms with Gasteiger partial charge in [-0.2, -0.15) is 0 Å². The first kappa shape index (κ1) is 11.3. The monoisotopic (exact) mass is 314 g/mol. The molecule has 0 saturated carbocycles. The number of hydrogen-bond donors (Lipinski definition) is 0. The Balaban J connectivity index is 3.04. The van der Waals surface area contributed by atoms with Crippen LogP contribution in [0.1, 0.15) is 19.3 Å². The molecule has 0 saturated heterocycles. The van der Waals surface area contributed by atoms with E-state index < -0.39 is 18.4 Å². The second-order valence-corrected chi connectivity index (χ2v) is 20.9. The Labute approximate surface area is 77.8 Å². The van der Waals surface area contributed by atoms with Crippen LogP contribution in [0.15, 0.2) is 0 Å². The minimum absolute atomic E-state index is 1.19. The van der Waals surface area contributed by atoms with E-state index in [-0.39, 0.29) is 0 Å². The first-order chi connectivity index (χ1) is 4.56. The van der Waals surface area contributed by atoms with E-state index in [9.17, 15) is 0 Å². The molecule has 0 nitrogen and oxygen atoms in total. The zero-order valence-electron chi connectivity index (χ0n) is 7.41. The van der Waals surface area contributed by atoms with Gasteiger partial charge in [-0.3, -0.25) is 0 Å².